The second-order valence-corrected chi connectivity index (χ2v) is 5.80. The second-order valence-electron chi connectivity index (χ2n) is 5.80. The third-order valence-electron chi connectivity index (χ3n) is 3.66. The van der Waals surface area contributed by atoms with Crippen LogP contribution in [0.15, 0.2) is 54.6 Å². The molecule has 0 atom stereocenters. The van der Waals surface area contributed by atoms with E-state index in [1.807, 2.05) is 30.3 Å². The Labute approximate surface area is 153 Å². The van der Waals surface area contributed by atoms with Crippen LogP contribution < -0.4 is 10.1 Å². The molecule has 2 aromatic carbocycles. The zero-order valence-electron chi connectivity index (χ0n) is 15.1. The highest BCUT2D eigenvalue weighted by molar-refractivity contribution is 5.96. The lowest BCUT2D eigenvalue weighted by Gasteiger charge is -2.17. The summed E-state index contributed by atoms with van der Waals surface area (Å²) in [4.78, 5) is 25.6. The number of nitrogens with zero attached hydrogens (tertiary/aromatic N) is 1. The van der Waals surface area contributed by atoms with Gasteiger partial charge in [0.1, 0.15) is 11.5 Å². The van der Waals surface area contributed by atoms with Crippen LogP contribution in [0.4, 0.5) is 0 Å². The molecule has 0 aliphatic rings. The fraction of sp³-hybridized carbons (Fsp3) is 0.300. The van der Waals surface area contributed by atoms with Gasteiger partial charge in [-0.2, -0.15) is 0 Å². The SMILES string of the molecule is COCCCNC(=O)CN(C)C(=O)c1ccc(Oc2ccccc2)cc1. The van der Waals surface area contributed by atoms with Crippen LogP contribution in [0.3, 0.4) is 0 Å². The van der Waals surface area contributed by atoms with Gasteiger partial charge < -0.3 is 19.7 Å². The van der Waals surface area contributed by atoms with Crippen molar-refractivity contribution in [1.29, 1.82) is 0 Å². The molecule has 0 bridgehead atoms. The van der Waals surface area contributed by atoms with Crippen molar-refractivity contribution in [3.63, 3.8) is 0 Å². The van der Waals surface area contributed by atoms with E-state index in [0.29, 0.717) is 24.5 Å². The highest BCUT2D eigenvalue weighted by atomic mass is 16.5. The van der Waals surface area contributed by atoms with Crippen LogP contribution >= 0.6 is 0 Å². The van der Waals surface area contributed by atoms with E-state index < -0.39 is 0 Å². The summed E-state index contributed by atoms with van der Waals surface area (Å²) < 4.78 is 10.6. The van der Waals surface area contributed by atoms with Crippen LogP contribution in [0.2, 0.25) is 0 Å². The number of methoxy groups -OCH3 is 1. The molecule has 0 aromatic heterocycles. The first-order chi connectivity index (χ1) is 12.6. The van der Waals surface area contributed by atoms with Crippen molar-refractivity contribution in [3.8, 4) is 11.5 Å². The smallest absolute Gasteiger partial charge is 0.254 e. The second kappa shape index (κ2) is 10.2. The maximum Gasteiger partial charge on any atom is 0.254 e. The predicted octanol–water partition coefficient (Wildman–Crippen LogP) is 2.70. The Morgan fingerprint density at radius 1 is 1.00 bits per heavy atom. The Morgan fingerprint density at radius 2 is 1.65 bits per heavy atom. The highest BCUT2D eigenvalue weighted by Crippen LogP contribution is 2.21. The number of benzene rings is 2. The average molecular weight is 356 g/mol. The fourth-order valence-electron chi connectivity index (χ4n) is 2.30. The number of nitrogens with one attached hydrogen (secondary N) is 1. The molecule has 0 aliphatic heterocycles. The van der Waals surface area contributed by atoms with Gasteiger partial charge in [0, 0.05) is 32.9 Å². The quantitative estimate of drug-likeness (QED) is 0.702. The molecule has 0 radical (unpaired) electrons. The van der Waals surface area contributed by atoms with Gasteiger partial charge in [-0.1, -0.05) is 18.2 Å². The summed E-state index contributed by atoms with van der Waals surface area (Å²) in [6, 6.07) is 16.3. The molecule has 2 rings (SSSR count). The van der Waals surface area contributed by atoms with E-state index in [4.69, 9.17) is 9.47 Å². The lowest BCUT2D eigenvalue weighted by molar-refractivity contribution is -0.121. The summed E-state index contributed by atoms with van der Waals surface area (Å²) in [5, 5.41) is 2.76. The van der Waals surface area contributed by atoms with Gasteiger partial charge in [0.15, 0.2) is 0 Å². The van der Waals surface area contributed by atoms with Crippen molar-refractivity contribution < 1.29 is 19.1 Å². The standard InChI is InChI=1S/C20H24N2O4/c1-22(15-19(23)21-13-6-14-25-2)20(24)16-9-11-18(12-10-16)26-17-7-4-3-5-8-17/h3-5,7-12H,6,13-15H2,1-2H3,(H,21,23). The zero-order chi connectivity index (χ0) is 18.8. The minimum atomic E-state index is -0.219. The molecule has 0 spiro atoms. The molecule has 0 fully saturated rings. The van der Waals surface area contributed by atoms with Crippen LogP contribution in [0, 0.1) is 0 Å². The Kier molecular flexibility index (Phi) is 7.64. The molecule has 26 heavy (non-hydrogen) atoms. The number of amides is 2. The summed E-state index contributed by atoms with van der Waals surface area (Å²) in [5.41, 5.74) is 0.500. The van der Waals surface area contributed by atoms with Crippen molar-refractivity contribution in [2.24, 2.45) is 0 Å². The molecule has 0 heterocycles. The summed E-state index contributed by atoms with van der Waals surface area (Å²) in [6.07, 6.45) is 0.739. The molecule has 2 amide bonds. The summed E-state index contributed by atoms with van der Waals surface area (Å²) in [6.45, 7) is 1.13. The summed E-state index contributed by atoms with van der Waals surface area (Å²) in [7, 11) is 3.22. The first-order valence-electron chi connectivity index (χ1n) is 8.44. The Bertz CT molecular complexity index is 702. The molecule has 0 aliphatic carbocycles. The van der Waals surface area contributed by atoms with Gasteiger partial charge in [0.05, 0.1) is 6.54 Å². The lowest BCUT2D eigenvalue weighted by Crippen LogP contribution is -2.38. The Balaban J connectivity index is 1.85. The first kappa shape index (κ1) is 19.5. The van der Waals surface area contributed by atoms with Crippen LogP contribution in [-0.4, -0.2) is 50.6 Å². The maximum absolute atomic E-state index is 12.4. The normalized spacial score (nSPS) is 10.2. The summed E-state index contributed by atoms with van der Waals surface area (Å²) in [5.74, 6) is 0.962. The van der Waals surface area contributed by atoms with E-state index in [9.17, 15) is 9.59 Å². The minimum Gasteiger partial charge on any atom is -0.457 e. The molecule has 0 saturated heterocycles. The van der Waals surface area contributed by atoms with Crippen molar-refractivity contribution in [2.75, 3.05) is 33.9 Å². The Morgan fingerprint density at radius 3 is 2.31 bits per heavy atom. The third kappa shape index (κ3) is 6.22. The van der Waals surface area contributed by atoms with Crippen molar-refractivity contribution in [2.45, 2.75) is 6.42 Å². The van der Waals surface area contributed by atoms with Gasteiger partial charge in [-0.3, -0.25) is 9.59 Å². The van der Waals surface area contributed by atoms with Gasteiger partial charge in [0.25, 0.3) is 5.91 Å². The van der Waals surface area contributed by atoms with Crippen LogP contribution in [-0.2, 0) is 9.53 Å². The molecular formula is C20H24N2O4. The topological polar surface area (TPSA) is 67.9 Å². The van der Waals surface area contributed by atoms with Gasteiger partial charge in [-0.15, -0.1) is 0 Å². The molecule has 0 unspecified atom stereocenters. The van der Waals surface area contributed by atoms with Gasteiger partial charge in [-0.05, 0) is 42.8 Å². The number of likely N-dealkylation sites (N-methyl/N-ethyl adjacent to an activating group) is 1. The number of hydrogen-bond acceptors (Lipinski definition) is 4. The average Bonchev–Trinajstić information content (AvgIpc) is 2.66. The van der Waals surface area contributed by atoms with E-state index in [1.165, 1.54) is 4.90 Å². The molecule has 1 N–H and O–H groups in total. The number of para-hydroxylation sites is 1. The summed E-state index contributed by atoms with van der Waals surface area (Å²) >= 11 is 0. The number of rotatable bonds is 9. The Hall–Kier alpha value is -2.86. The van der Waals surface area contributed by atoms with Crippen LogP contribution in [0.1, 0.15) is 16.8 Å². The minimum absolute atomic E-state index is 0.00802. The monoisotopic (exact) mass is 356 g/mol. The van der Waals surface area contributed by atoms with Crippen molar-refractivity contribution in [1.82, 2.24) is 10.2 Å². The van der Waals surface area contributed by atoms with E-state index in [1.54, 1.807) is 38.4 Å². The van der Waals surface area contributed by atoms with Crippen LogP contribution in [0.25, 0.3) is 0 Å². The zero-order valence-corrected chi connectivity index (χ0v) is 15.1. The van der Waals surface area contributed by atoms with Gasteiger partial charge >= 0.3 is 0 Å². The number of hydrogen-bond donors (Lipinski definition) is 1. The molecular weight excluding hydrogens is 332 g/mol. The molecule has 0 saturated carbocycles. The number of carbonyl (C=O) groups is 2. The molecule has 6 nitrogen and oxygen atoms in total. The molecule has 2 aromatic rings. The maximum atomic E-state index is 12.4. The van der Waals surface area contributed by atoms with E-state index in [0.717, 1.165) is 12.2 Å². The fourth-order valence-corrected chi connectivity index (χ4v) is 2.30. The predicted molar refractivity (Wildman–Crippen MR) is 99.4 cm³/mol. The largest absolute Gasteiger partial charge is 0.457 e. The molecule has 138 valence electrons. The number of ether oxygens (including phenoxy) is 2. The third-order valence-corrected chi connectivity index (χ3v) is 3.66. The highest BCUT2D eigenvalue weighted by Gasteiger charge is 2.14. The first-order valence-corrected chi connectivity index (χ1v) is 8.44. The number of carbonyl (C=O) groups excluding carboxylic acids is 2. The van der Waals surface area contributed by atoms with E-state index in [2.05, 4.69) is 5.32 Å². The molecule has 6 heteroatoms. The van der Waals surface area contributed by atoms with Crippen LogP contribution in [0.5, 0.6) is 11.5 Å². The van der Waals surface area contributed by atoms with Crippen molar-refractivity contribution in [3.05, 3.63) is 60.2 Å². The van der Waals surface area contributed by atoms with Gasteiger partial charge in [-0.25, -0.2) is 0 Å². The van der Waals surface area contributed by atoms with Gasteiger partial charge in [0.2, 0.25) is 5.91 Å². The van der Waals surface area contributed by atoms with E-state index in [-0.39, 0.29) is 18.4 Å². The van der Waals surface area contributed by atoms with Crippen molar-refractivity contribution >= 4 is 11.8 Å². The van der Waals surface area contributed by atoms with E-state index >= 15 is 0 Å². The lowest BCUT2D eigenvalue weighted by atomic mass is 10.2.